The van der Waals surface area contributed by atoms with Gasteiger partial charge in [-0.15, -0.1) is 10.2 Å². The number of nitrogens with zero attached hydrogens (tertiary/aromatic N) is 4. The van der Waals surface area contributed by atoms with Gasteiger partial charge in [0.05, 0.1) is 12.2 Å². The molecule has 5 rings (SSSR count). The second kappa shape index (κ2) is 8.19. The molecular formula is C22H21ClN4O4. The predicted octanol–water partition coefficient (Wildman–Crippen LogP) is 3.74. The minimum atomic E-state index is -0.325. The molecule has 2 aliphatic heterocycles. The van der Waals surface area contributed by atoms with Crippen LogP contribution in [0.3, 0.4) is 0 Å². The SMILES string of the molecule is O=C([C@@H]1CC(=O)N(c2ccc(Cl)cc2)C1)N1CCC(c2nnc(-c3ccco3)o2)CC1. The van der Waals surface area contributed by atoms with Crippen LogP contribution in [0.25, 0.3) is 11.7 Å². The fraction of sp³-hybridized carbons (Fsp3) is 0.364. The van der Waals surface area contributed by atoms with Crippen molar-refractivity contribution in [2.24, 2.45) is 5.92 Å². The van der Waals surface area contributed by atoms with E-state index in [9.17, 15) is 9.59 Å². The molecule has 160 valence electrons. The minimum absolute atomic E-state index is 0.0325. The fourth-order valence-corrected chi connectivity index (χ4v) is 4.37. The van der Waals surface area contributed by atoms with E-state index in [4.69, 9.17) is 20.4 Å². The van der Waals surface area contributed by atoms with Crippen molar-refractivity contribution in [3.63, 3.8) is 0 Å². The zero-order valence-corrected chi connectivity index (χ0v) is 17.5. The van der Waals surface area contributed by atoms with Crippen molar-refractivity contribution in [3.05, 3.63) is 53.6 Å². The lowest BCUT2D eigenvalue weighted by Gasteiger charge is -2.32. The standard InChI is InChI=1S/C22H21ClN4O4/c23-16-3-5-17(6-4-16)27-13-15(12-19(27)28)22(29)26-9-7-14(8-10-26)20-24-25-21(31-20)18-2-1-11-30-18/h1-6,11,14-15H,7-10,12-13H2/t15-/m1/s1. The van der Waals surface area contributed by atoms with Gasteiger partial charge in [-0.2, -0.15) is 0 Å². The van der Waals surface area contributed by atoms with Crippen LogP contribution in [0.15, 0.2) is 51.5 Å². The average Bonchev–Trinajstić information content (AvgIpc) is 3.55. The minimum Gasteiger partial charge on any atom is -0.459 e. The molecule has 2 amide bonds. The molecule has 3 aromatic rings. The number of aromatic nitrogens is 2. The van der Waals surface area contributed by atoms with Gasteiger partial charge in [0.1, 0.15) is 0 Å². The first kappa shape index (κ1) is 19.8. The summed E-state index contributed by atoms with van der Waals surface area (Å²) in [7, 11) is 0. The number of halogens is 1. The lowest BCUT2D eigenvalue weighted by atomic mass is 9.95. The number of hydrogen-bond acceptors (Lipinski definition) is 6. The molecule has 1 atom stereocenters. The quantitative estimate of drug-likeness (QED) is 0.613. The Morgan fingerprint density at radius 2 is 1.87 bits per heavy atom. The van der Waals surface area contributed by atoms with Crippen LogP contribution in [0.4, 0.5) is 5.69 Å². The highest BCUT2D eigenvalue weighted by Crippen LogP contribution is 2.32. The first-order valence-electron chi connectivity index (χ1n) is 10.3. The maximum atomic E-state index is 13.0. The highest BCUT2D eigenvalue weighted by Gasteiger charge is 2.38. The Hall–Kier alpha value is -3.13. The fourth-order valence-electron chi connectivity index (χ4n) is 4.25. The van der Waals surface area contributed by atoms with Crippen molar-refractivity contribution in [1.82, 2.24) is 15.1 Å². The van der Waals surface area contributed by atoms with E-state index in [-0.39, 0.29) is 30.1 Å². The van der Waals surface area contributed by atoms with Gasteiger partial charge in [0.15, 0.2) is 5.76 Å². The summed E-state index contributed by atoms with van der Waals surface area (Å²) < 4.78 is 11.1. The lowest BCUT2D eigenvalue weighted by molar-refractivity contribution is -0.136. The lowest BCUT2D eigenvalue weighted by Crippen LogP contribution is -2.42. The van der Waals surface area contributed by atoms with E-state index in [0.717, 1.165) is 18.5 Å². The van der Waals surface area contributed by atoms with E-state index >= 15 is 0 Å². The van der Waals surface area contributed by atoms with E-state index in [2.05, 4.69) is 10.2 Å². The van der Waals surface area contributed by atoms with Crippen LogP contribution in [0.1, 0.15) is 31.1 Å². The Labute approximate surface area is 183 Å². The second-order valence-electron chi connectivity index (χ2n) is 7.90. The Balaban J connectivity index is 1.19. The molecule has 2 aliphatic rings. The van der Waals surface area contributed by atoms with Crippen LogP contribution < -0.4 is 4.90 Å². The summed E-state index contributed by atoms with van der Waals surface area (Å²) in [6.45, 7) is 1.61. The van der Waals surface area contributed by atoms with Crippen LogP contribution in [0.2, 0.25) is 5.02 Å². The van der Waals surface area contributed by atoms with Gasteiger partial charge in [-0.3, -0.25) is 9.59 Å². The third kappa shape index (κ3) is 3.95. The molecule has 2 saturated heterocycles. The first-order valence-corrected chi connectivity index (χ1v) is 10.7. The Morgan fingerprint density at radius 3 is 2.58 bits per heavy atom. The number of amides is 2. The largest absolute Gasteiger partial charge is 0.459 e. The van der Waals surface area contributed by atoms with Gasteiger partial charge in [0.2, 0.25) is 17.7 Å². The van der Waals surface area contributed by atoms with Gasteiger partial charge in [0.25, 0.3) is 5.89 Å². The highest BCUT2D eigenvalue weighted by molar-refractivity contribution is 6.30. The number of hydrogen-bond donors (Lipinski definition) is 0. The van der Waals surface area contributed by atoms with Crippen LogP contribution in [-0.4, -0.2) is 46.5 Å². The molecule has 0 saturated carbocycles. The molecule has 2 fully saturated rings. The third-order valence-corrected chi connectivity index (χ3v) is 6.19. The summed E-state index contributed by atoms with van der Waals surface area (Å²) >= 11 is 5.93. The van der Waals surface area contributed by atoms with Crippen molar-refractivity contribution in [3.8, 4) is 11.7 Å². The second-order valence-corrected chi connectivity index (χ2v) is 8.34. The number of benzene rings is 1. The summed E-state index contributed by atoms with van der Waals surface area (Å²) in [5, 5.41) is 8.84. The van der Waals surface area contributed by atoms with E-state index in [1.54, 1.807) is 47.6 Å². The Morgan fingerprint density at radius 1 is 1.10 bits per heavy atom. The molecule has 0 bridgehead atoms. The number of carbonyl (C=O) groups is 2. The number of piperidine rings is 1. The smallest absolute Gasteiger partial charge is 0.283 e. The zero-order valence-electron chi connectivity index (χ0n) is 16.7. The number of anilines is 1. The number of carbonyl (C=O) groups excluding carboxylic acids is 2. The summed E-state index contributed by atoms with van der Waals surface area (Å²) in [4.78, 5) is 29.0. The van der Waals surface area contributed by atoms with Crippen LogP contribution in [0, 0.1) is 5.92 Å². The third-order valence-electron chi connectivity index (χ3n) is 5.94. The molecule has 31 heavy (non-hydrogen) atoms. The van der Waals surface area contributed by atoms with E-state index in [1.807, 2.05) is 4.90 Å². The maximum Gasteiger partial charge on any atom is 0.283 e. The van der Waals surface area contributed by atoms with Crippen LogP contribution in [-0.2, 0) is 9.59 Å². The first-order chi connectivity index (χ1) is 15.1. The maximum absolute atomic E-state index is 13.0. The van der Waals surface area contributed by atoms with E-state index < -0.39 is 0 Å². The molecule has 1 aromatic carbocycles. The molecule has 0 radical (unpaired) electrons. The number of likely N-dealkylation sites (tertiary alicyclic amines) is 1. The number of rotatable bonds is 4. The molecule has 9 heteroatoms. The molecule has 0 aliphatic carbocycles. The molecule has 2 aromatic heterocycles. The van der Waals surface area contributed by atoms with Gasteiger partial charge in [-0.1, -0.05) is 11.6 Å². The molecular weight excluding hydrogens is 420 g/mol. The average molecular weight is 441 g/mol. The van der Waals surface area contributed by atoms with Gasteiger partial charge in [0, 0.05) is 42.7 Å². The van der Waals surface area contributed by atoms with Gasteiger partial charge in [-0.05, 0) is 49.2 Å². The van der Waals surface area contributed by atoms with Crippen molar-refractivity contribution in [1.29, 1.82) is 0 Å². The van der Waals surface area contributed by atoms with E-state index in [1.165, 1.54) is 0 Å². The number of furan rings is 1. The zero-order chi connectivity index (χ0) is 21.4. The molecule has 0 spiro atoms. The van der Waals surface area contributed by atoms with Crippen LogP contribution in [0.5, 0.6) is 0 Å². The van der Waals surface area contributed by atoms with Crippen LogP contribution >= 0.6 is 11.6 Å². The Kier molecular flexibility index (Phi) is 5.23. The molecule has 0 N–H and O–H groups in total. The van der Waals surface area contributed by atoms with E-state index in [0.29, 0.717) is 42.2 Å². The topological polar surface area (TPSA) is 92.7 Å². The molecule has 0 unspecified atom stereocenters. The summed E-state index contributed by atoms with van der Waals surface area (Å²) in [6.07, 6.45) is 3.28. The van der Waals surface area contributed by atoms with Gasteiger partial charge < -0.3 is 18.6 Å². The van der Waals surface area contributed by atoms with Gasteiger partial charge in [-0.25, -0.2) is 0 Å². The Bertz CT molecular complexity index is 1070. The van der Waals surface area contributed by atoms with Crippen molar-refractivity contribution in [2.45, 2.75) is 25.2 Å². The molecule has 4 heterocycles. The molecule has 8 nitrogen and oxygen atoms in total. The normalized spacial score (nSPS) is 19.9. The van der Waals surface area contributed by atoms with Gasteiger partial charge >= 0.3 is 0 Å². The van der Waals surface area contributed by atoms with Crippen molar-refractivity contribution < 1.29 is 18.4 Å². The summed E-state index contributed by atoms with van der Waals surface area (Å²) in [6, 6.07) is 10.7. The van der Waals surface area contributed by atoms with Crippen molar-refractivity contribution in [2.75, 3.05) is 24.5 Å². The predicted molar refractivity (Wildman–Crippen MR) is 112 cm³/mol. The highest BCUT2D eigenvalue weighted by atomic mass is 35.5. The summed E-state index contributed by atoms with van der Waals surface area (Å²) in [5.41, 5.74) is 0.771. The van der Waals surface area contributed by atoms with Crippen molar-refractivity contribution >= 4 is 29.1 Å². The summed E-state index contributed by atoms with van der Waals surface area (Å²) in [5.74, 6) is 1.26. The monoisotopic (exact) mass is 440 g/mol.